The molecule has 16 heavy (non-hydrogen) atoms. The van der Waals surface area contributed by atoms with Gasteiger partial charge < -0.3 is 5.32 Å². The summed E-state index contributed by atoms with van der Waals surface area (Å²) in [5.41, 5.74) is 0. The minimum atomic E-state index is 0.0731. The largest absolute Gasteiger partial charge is 0.300 e. The molecule has 1 N–H and O–H groups in total. The molecule has 0 aliphatic heterocycles. The molecule has 1 aliphatic carbocycles. The minimum absolute atomic E-state index is 0.0731. The first-order valence-electron chi connectivity index (χ1n) is 5.08. The van der Waals surface area contributed by atoms with Crippen LogP contribution in [0.4, 0.5) is 5.13 Å². The lowest BCUT2D eigenvalue weighted by atomic mass is 10.3. The summed E-state index contributed by atoms with van der Waals surface area (Å²) in [7, 11) is 0. The highest BCUT2D eigenvalue weighted by Crippen LogP contribution is 2.38. The zero-order valence-corrected chi connectivity index (χ0v) is 10.6. The Hall–Kier alpha value is -0.880. The summed E-state index contributed by atoms with van der Waals surface area (Å²) < 4.78 is 0.860. The number of carbonyl (C=O) groups excluding carboxylic acids is 1. The number of aromatic nitrogens is 2. The standard InChI is InChI=1S/C10H13N3OS2/c1-3-4-15-10-13-12-9(16-10)11-8(14)7-5-6(7)2/h3,6-7H,1,4-5H2,2H3,(H,11,12,14)/t6-,7-/m1/s1. The van der Waals surface area contributed by atoms with Gasteiger partial charge in [0.2, 0.25) is 11.0 Å². The molecule has 1 saturated carbocycles. The average Bonchev–Trinajstić information content (AvgIpc) is 2.83. The lowest BCUT2D eigenvalue weighted by Gasteiger charge is -1.97. The second-order valence-electron chi connectivity index (χ2n) is 3.78. The summed E-state index contributed by atoms with van der Waals surface area (Å²) in [5, 5.41) is 11.3. The maximum absolute atomic E-state index is 11.6. The van der Waals surface area contributed by atoms with Gasteiger partial charge >= 0.3 is 0 Å². The van der Waals surface area contributed by atoms with Crippen LogP contribution < -0.4 is 5.32 Å². The molecule has 0 bridgehead atoms. The number of rotatable bonds is 5. The van der Waals surface area contributed by atoms with Crippen molar-refractivity contribution < 1.29 is 4.79 Å². The highest BCUT2D eigenvalue weighted by atomic mass is 32.2. The molecule has 1 aromatic rings. The summed E-state index contributed by atoms with van der Waals surface area (Å²) in [4.78, 5) is 11.6. The zero-order valence-electron chi connectivity index (χ0n) is 8.97. The SMILES string of the molecule is C=CCSc1nnc(NC(=O)[C@@H]2C[C@H]2C)s1. The molecule has 1 aromatic heterocycles. The molecule has 0 spiro atoms. The smallest absolute Gasteiger partial charge is 0.229 e. The van der Waals surface area contributed by atoms with Crippen LogP contribution in [-0.4, -0.2) is 21.9 Å². The van der Waals surface area contributed by atoms with Gasteiger partial charge in [0.25, 0.3) is 0 Å². The van der Waals surface area contributed by atoms with Gasteiger partial charge in [0.15, 0.2) is 4.34 Å². The molecular weight excluding hydrogens is 242 g/mol. The molecule has 86 valence electrons. The molecular formula is C10H13N3OS2. The number of amides is 1. The van der Waals surface area contributed by atoms with E-state index in [2.05, 4.69) is 29.0 Å². The second-order valence-corrected chi connectivity index (χ2v) is 6.03. The van der Waals surface area contributed by atoms with Crippen molar-refractivity contribution in [2.75, 3.05) is 11.1 Å². The Morgan fingerprint density at radius 1 is 1.75 bits per heavy atom. The monoisotopic (exact) mass is 255 g/mol. The second kappa shape index (κ2) is 4.97. The molecule has 0 unspecified atom stereocenters. The minimum Gasteiger partial charge on any atom is -0.300 e. The van der Waals surface area contributed by atoms with E-state index in [-0.39, 0.29) is 11.8 Å². The van der Waals surface area contributed by atoms with Gasteiger partial charge in [-0.15, -0.1) is 16.8 Å². The van der Waals surface area contributed by atoms with Crippen LogP contribution in [0.5, 0.6) is 0 Å². The van der Waals surface area contributed by atoms with Crippen LogP contribution in [0.15, 0.2) is 17.0 Å². The Balaban J connectivity index is 1.87. The third-order valence-corrected chi connectivity index (χ3v) is 4.38. The maximum Gasteiger partial charge on any atom is 0.229 e. The molecule has 1 heterocycles. The van der Waals surface area contributed by atoms with Crippen molar-refractivity contribution in [3.8, 4) is 0 Å². The first-order chi connectivity index (χ1) is 7.70. The number of carbonyl (C=O) groups is 1. The van der Waals surface area contributed by atoms with E-state index in [1.807, 2.05) is 6.08 Å². The van der Waals surface area contributed by atoms with E-state index in [9.17, 15) is 4.79 Å². The third kappa shape index (κ3) is 2.82. The fourth-order valence-corrected chi connectivity index (χ4v) is 2.85. The van der Waals surface area contributed by atoms with Crippen molar-refractivity contribution in [3.63, 3.8) is 0 Å². The summed E-state index contributed by atoms with van der Waals surface area (Å²) in [6.07, 6.45) is 2.80. The molecule has 1 fully saturated rings. The number of hydrogen-bond acceptors (Lipinski definition) is 5. The van der Waals surface area contributed by atoms with Crippen LogP contribution in [-0.2, 0) is 4.79 Å². The maximum atomic E-state index is 11.6. The highest BCUT2D eigenvalue weighted by molar-refractivity contribution is 8.01. The van der Waals surface area contributed by atoms with Gasteiger partial charge in [-0.2, -0.15) is 0 Å². The normalized spacial score (nSPS) is 22.8. The molecule has 0 radical (unpaired) electrons. The molecule has 4 nitrogen and oxygen atoms in total. The number of hydrogen-bond donors (Lipinski definition) is 1. The number of nitrogens with zero attached hydrogens (tertiary/aromatic N) is 2. The van der Waals surface area contributed by atoms with Crippen molar-refractivity contribution in [2.24, 2.45) is 11.8 Å². The van der Waals surface area contributed by atoms with Crippen LogP contribution in [0.2, 0.25) is 0 Å². The van der Waals surface area contributed by atoms with Crippen LogP contribution in [0.1, 0.15) is 13.3 Å². The Labute approximate surface area is 103 Å². The Morgan fingerprint density at radius 3 is 3.12 bits per heavy atom. The van der Waals surface area contributed by atoms with Crippen molar-refractivity contribution in [1.29, 1.82) is 0 Å². The van der Waals surface area contributed by atoms with Crippen LogP contribution in [0.25, 0.3) is 0 Å². The average molecular weight is 255 g/mol. The van der Waals surface area contributed by atoms with Gasteiger partial charge in [0.1, 0.15) is 0 Å². The number of anilines is 1. The third-order valence-electron chi connectivity index (χ3n) is 2.41. The van der Waals surface area contributed by atoms with Crippen molar-refractivity contribution >= 4 is 34.1 Å². The highest BCUT2D eigenvalue weighted by Gasteiger charge is 2.39. The Bertz CT molecular complexity index is 405. The van der Waals surface area contributed by atoms with Gasteiger partial charge in [-0.05, 0) is 12.3 Å². The lowest BCUT2D eigenvalue weighted by molar-refractivity contribution is -0.117. The predicted octanol–water partition coefficient (Wildman–Crippen LogP) is 2.41. The summed E-state index contributed by atoms with van der Waals surface area (Å²) in [5.74, 6) is 1.57. The van der Waals surface area contributed by atoms with Crippen LogP contribution in [0.3, 0.4) is 0 Å². The fourth-order valence-electron chi connectivity index (χ4n) is 1.33. The van der Waals surface area contributed by atoms with Crippen LogP contribution >= 0.6 is 23.1 Å². The van der Waals surface area contributed by atoms with Crippen LogP contribution in [0, 0.1) is 11.8 Å². The topological polar surface area (TPSA) is 54.9 Å². The number of thioether (sulfide) groups is 1. The predicted molar refractivity (Wildman–Crippen MR) is 66.7 cm³/mol. The lowest BCUT2D eigenvalue weighted by Crippen LogP contribution is -2.14. The van der Waals surface area contributed by atoms with E-state index in [0.29, 0.717) is 11.0 Å². The molecule has 6 heteroatoms. The van der Waals surface area contributed by atoms with Gasteiger partial charge in [0, 0.05) is 11.7 Å². The molecule has 1 amide bonds. The van der Waals surface area contributed by atoms with Gasteiger partial charge in [-0.3, -0.25) is 4.79 Å². The first-order valence-corrected chi connectivity index (χ1v) is 6.89. The molecule has 2 atom stereocenters. The Kier molecular flexibility index (Phi) is 3.60. The number of nitrogens with one attached hydrogen (secondary N) is 1. The summed E-state index contributed by atoms with van der Waals surface area (Å²) in [6.45, 7) is 5.72. The van der Waals surface area contributed by atoms with E-state index < -0.39 is 0 Å². The quantitative estimate of drug-likeness (QED) is 0.499. The van der Waals surface area contributed by atoms with Crippen molar-refractivity contribution in [1.82, 2.24) is 10.2 Å². The van der Waals surface area contributed by atoms with E-state index in [4.69, 9.17) is 0 Å². The molecule has 2 rings (SSSR count). The van der Waals surface area contributed by atoms with E-state index in [1.54, 1.807) is 11.8 Å². The van der Waals surface area contributed by atoms with Gasteiger partial charge in [-0.1, -0.05) is 36.1 Å². The van der Waals surface area contributed by atoms with E-state index >= 15 is 0 Å². The Morgan fingerprint density at radius 2 is 2.50 bits per heavy atom. The molecule has 0 aromatic carbocycles. The van der Waals surface area contributed by atoms with E-state index in [1.165, 1.54) is 11.3 Å². The van der Waals surface area contributed by atoms with E-state index in [0.717, 1.165) is 16.5 Å². The summed E-state index contributed by atoms with van der Waals surface area (Å²) in [6, 6.07) is 0. The van der Waals surface area contributed by atoms with Crippen molar-refractivity contribution in [3.05, 3.63) is 12.7 Å². The zero-order chi connectivity index (χ0) is 11.5. The molecule has 0 saturated heterocycles. The van der Waals surface area contributed by atoms with Crippen molar-refractivity contribution in [2.45, 2.75) is 17.7 Å². The summed E-state index contributed by atoms with van der Waals surface area (Å²) >= 11 is 2.98. The first kappa shape index (κ1) is 11.6. The fraction of sp³-hybridized carbons (Fsp3) is 0.500. The molecule has 1 aliphatic rings. The van der Waals surface area contributed by atoms with Gasteiger partial charge in [0.05, 0.1) is 0 Å². The van der Waals surface area contributed by atoms with Gasteiger partial charge in [-0.25, -0.2) is 0 Å².